The summed E-state index contributed by atoms with van der Waals surface area (Å²) in [5.74, 6) is 0.555. The highest BCUT2D eigenvalue weighted by molar-refractivity contribution is 5.91. The number of hydrogen-bond donors (Lipinski definition) is 1. The van der Waals surface area contributed by atoms with Crippen LogP contribution in [0.3, 0.4) is 0 Å². The zero-order chi connectivity index (χ0) is 19.3. The van der Waals surface area contributed by atoms with Gasteiger partial charge in [-0.1, -0.05) is 20.8 Å². The van der Waals surface area contributed by atoms with Crippen molar-refractivity contribution in [2.24, 2.45) is 17.3 Å². The second-order valence-corrected chi connectivity index (χ2v) is 8.01. The fourth-order valence-corrected chi connectivity index (χ4v) is 3.59. The van der Waals surface area contributed by atoms with E-state index in [2.05, 4.69) is 26.1 Å². The number of carbonyl (C=O) groups is 2. The van der Waals surface area contributed by atoms with Crippen LogP contribution in [-0.4, -0.2) is 31.5 Å². The van der Waals surface area contributed by atoms with Gasteiger partial charge >= 0.3 is 5.97 Å². The number of methoxy groups -OCH3 is 1. The van der Waals surface area contributed by atoms with Gasteiger partial charge in [-0.3, -0.25) is 4.79 Å². The molecule has 1 saturated carbocycles. The van der Waals surface area contributed by atoms with E-state index in [9.17, 15) is 9.59 Å². The molecule has 0 amide bonds. The molecule has 0 aromatic heterocycles. The number of ketones is 1. The molecule has 3 atom stereocenters. The van der Waals surface area contributed by atoms with Gasteiger partial charge in [0.15, 0.2) is 0 Å². The number of anilines is 1. The molecule has 0 heterocycles. The van der Waals surface area contributed by atoms with Gasteiger partial charge < -0.3 is 14.8 Å². The van der Waals surface area contributed by atoms with Gasteiger partial charge in [-0.05, 0) is 55.4 Å². The molecule has 1 N–H and O–H groups in total. The first-order valence-corrected chi connectivity index (χ1v) is 9.36. The van der Waals surface area contributed by atoms with Crippen molar-refractivity contribution >= 4 is 17.4 Å². The lowest BCUT2D eigenvalue weighted by Crippen LogP contribution is -2.46. The molecule has 0 spiro atoms. The molecule has 1 aliphatic rings. The van der Waals surface area contributed by atoms with Gasteiger partial charge in [0, 0.05) is 18.0 Å². The minimum absolute atomic E-state index is 0.109. The summed E-state index contributed by atoms with van der Waals surface area (Å²) in [6, 6.07) is 6.68. The fourth-order valence-electron chi connectivity index (χ4n) is 3.59. The summed E-state index contributed by atoms with van der Waals surface area (Å²) >= 11 is 0. The van der Waals surface area contributed by atoms with Crippen molar-refractivity contribution in [2.45, 2.75) is 53.0 Å². The standard InChI is InChI=1S/C21H31NO4/c1-6-26-20(24)19(22-15-8-10-16(25-5)11-9-15)17-13-14(21(2,3)4)7-12-18(17)23/h8-11,14,17,19,22H,6-7,12-13H2,1-5H3/t14-,17+,19+/m1/s1. The van der Waals surface area contributed by atoms with Crippen molar-refractivity contribution < 1.29 is 19.1 Å². The van der Waals surface area contributed by atoms with Gasteiger partial charge in [0.25, 0.3) is 0 Å². The summed E-state index contributed by atoms with van der Waals surface area (Å²) in [6.07, 6.45) is 2.11. The highest BCUT2D eigenvalue weighted by Gasteiger charge is 2.41. The van der Waals surface area contributed by atoms with E-state index in [0.717, 1.165) is 17.9 Å². The molecule has 0 aliphatic heterocycles. The molecule has 2 rings (SSSR count). The third-order valence-electron chi connectivity index (χ3n) is 5.27. The number of benzene rings is 1. The number of rotatable bonds is 6. The monoisotopic (exact) mass is 361 g/mol. The normalized spacial score (nSPS) is 21.8. The first-order chi connectivity index (χ1) is 12.3. The number of carbonyl (C=O) groups excluding carboxylic acids is 2. The SMILES string of the molecule is CCOC(=O)[C@@H](Nc1ccc(OC)cc1)[C@H]1C[C@H](C(C)(C)C)CCC1=O. The van der Waals surface area contributed by atoms with Crippen molar-refractivity contribution in [3.8, 4) is 5.75 Å². The molecule has 26 heavy (non-hydrogen) atoms. The summed E-state index contributed by atoms with van der Waals surface area (Å²) in [5, 5.41) is 3.24. The number of ether oxygens (including phenoxy) is 2. The molecule has 0 unspecified atom stereocenters. The average molecular weight is 361 g/mol. The van der Waals surface area contributed by atoms with Crippen LogP contribution < -0.4 is 10.1 Å². The lowest BCUT2D eigenvalue weighted by molar-refractivity contribution is -0.148. The first kappa shape index (κ1) is 20.3. The van der Waals surface area contributed by atoms with E-state index in [1.165, 1.54) is 0 Å². The molecule has 5 nitrogen and oxygen atoms in total. The van der Waals surface area contributed by atoms with E-state index in [-0.39, 0.29) is 23.1 Å². The highest BCUT2D eigenvalue weighted by atomic mass is 16.5. The Labute approximate surface area is 156 Å². The number of nitrogens with one attached hydrogen (secondary N) is 1. The van der Waals surface area contributed by atoms with Crippen molar-refractivity contribution in [1.82, 2.24) is 0 Å². The number of hydrogen-bond acceptors (Lipinski definition) is 5. The lowest BCUT2D eigenvalue weighted by atomic mass is 9.67. The van der Waals surface area contributed by atoms with E-state index < -0.39 is 6.04 Å². The second kappa shape index (κ2) is 8.56. The minimum atomic E-state index is -0.666. The van der Waals surface area contributed by atoms with Crippen molar-refractivity contribution in [2.75, 3.05) is 19.0 Å². The smallest absolute Gasteiger partial charge is 0.329 e. The fraction of sp³-hybridized carbons (Fsp3) is 0.619. The Hall–Kier alpha value is -2.04. The summed E-state index contributed by atoms with van der Waals surface area (Å²) in [7, 11) is 1.61. The maximum absolute atomic E-state index is 12.6. The van der Waals surface area contributed by atoms with Gasteiger partial charge in [0.2, 0.25) is 0 Å². The predicted octanol–water partition coefficient (Wildman–Crippen LogP) is 4.07. The summed E-state index contributed by atoms with van der Waals surface area (Å²) in [4.78, 5) is 25.3. The molecule has 1 fully saturated rings. The Balaban J connectivity index is 2.24. The van der Waals surface area contributed by atoms with Gasteiger partial charge in [-0.2, -0.15) is 0 Å². The van der Waals surface area contributed by atoms with Crippen LogP contribution in [0.1, 0.15) is 47.0 Å². The minimum Gasteiger partial charge on any atom is -0.497 e. The highest BCUT2D eigenvalue weighted by Crippen LogP contribution is 2.40. The van der Waals surface area contributed by atoms with Crippen LogP contribution >= 0.6 is 0 Å². The Bertz CT molecular complexity index is 618. The van der Waals surface area contributed by atoms with Crippen LogP contribution in [0, 0.1) is 17.3 Å². The topological polar surface area (TPSA) is 64.6 Å². The molecule has 0 bridgehead atoms. The maximum atomic E-state index is 12.6. The molecule has 1 aromatic rings. The van der Waals surface area contributed by atoms with Crippen LogP contribution in [0.4, 0.5) is 5.69 Å². The summed E-state index contributed by atoms with van der Waals surface area (Å²) in [6.45, 7) is 8.66. The largest absolute Gasteiger partial charge is 0.497 e. The van der Waals surface area contributed by atoms with E-state index >= 15 is 0 Å². The summed E-state index contributed by atoms with van der Waals surface area (Å²) in [5.41, 5.74) is 0.882. The summed E-state index contributed by atoms with van der Waals surface area (Å²) < 4.78 is 10.4. The molecule has 1 aliphatic carbocycles. The van der Waals surface area contributed by atoms with Gasteiger partial charge in [-0.25, -0.2) is 4.79 Å². The van der Waals surface area contributed by atoms with E-state index in [1.54, 1.807) is 14.0 Å². The van der Waals surface area contributed by atoms with Gasteiger partial charge in [0.1, 0.15) is 17.6 Å². The molecular weight excluding hydrogens is 330 g/mol. The average Bonchev–Trinajstić information content (AvgIpc) is 2.60. The van der Waals surface area contributed by atoms with E-state index in [1.807, 2.05) is 24.3 Å². The Morgan fingerprint density at radius 1 is 1.27 bits per heavy atom. The third-order valence-corrected chi connectivity index (χ3v) is 5.27. The van der Waals surface area contributed by atoms with E-state index in [0.29, 0.717) is 25.4 Å². The molecule has 0 radical (unpaired) electrons. The quantitative estimate of drug-likeness (QED) is 0.774. The van der Waals surface area contributed by atoms with Crippen molar-refractivity contribution in [3.63, 3.8) is 0 Å². The third kappa shape index (κ3) is 4.99. The van der Waals surface area contributed by atoms with Crippen LogP contribution in [-0.2, 0) is 14.3 Å². The van der Waals surface area contributed by atoms with Crippen LogP contribution in [0.2, 0.25) is 0 Å². The van der Waals surface area contributed by atoms with Crippen molar-refractivity contribution in [3.05, 3.63) is 24.3 Å². The predicted molar refractivity (Wildman–Crippen MR) is 102 cm³/mol. The second-order valence-electron chi connectivity index (χ2n) is 8.01. The van der Waals surface area contributed by atoms with Gasteiger partial charge in [0.05, 0.1) is 13.7 Å². The Morgan fingerprint density at radius 2 is 1.92 bits per heavy atom. The molecule has 1 aromatic carbocycles. The lowest BCUT2D eigenvalue weighted by Gasteiger charge is -2.39. The number of Topliss-reactive ketones (excluding diaryl/α,β-unsaturated/α-hetero) is 1. The molecular formula is C21H31NO4. The first-order valence-electron chi connectivity index (χ1n) is 9.36. The van der Waals surface area contributed by atoms with Crippen LogP contribution in [0.15, 0.2) is 24.3 Å². The molecule has 5 heteroatoms. The Morgan fingerprint density at radius 3 is 2.46 bits per heavy atom. The zero-order valence-corrected chi connectivity index (χ0v) is 16.5. The molecule has 144 valence electrons. The Kier molecular flexibility index (Phi) is 6.68. The van der Waals surface area contributed by atoms with Crippen molar-refractivity contribution in [1.29, 1.82) is 0 Å². The zero-order valence-electron chi connectivity index (χ0n) is 16.5. The van der Waals surface area contributed by atoms with Crippen LogP contribution in [0.5, 0.6) is 5.75 Å². The van der Waals surface area contributed by atoms with Gasteiger partial charge in [-0.15, -0.1) is 0 Å². The number of esters is 1. The maximum Gasteiger partial charge on any atom is 0.329 e. The van der Waals surface area contributed by atoms with Crippen LogP contribution in [0.25, 0.3) is 0 Å². The van der Waals surface area contributed by atoms with E-state index in [4.69, 9.17) is 9.47 Å². The molecule has 0 saturated heterocycles.